The van der Waals surface area contributed by atoms with Gasteiger partial charge in [-0.25, -0.2) is 14.8 Å². The van der Waals surface area contributed by atoms with Crippen molar-refractivity contribution in [3.63, 3.8) is 0 Å². The number of anilines is 3. The van der Waals surface area contributed by atoms with Crippen LogP contribution in [-0.4, -0.2) is 56.9 Å². The van der Waals surface area contributed by atoms with Crippen molar-refractivity contribution in [1.82, 2.24) is 14.9 Å². The van der Waals surface area contributed by atoms with Gasteiger partial charge in [0.05, 0.1) is 16.9 Å². The monoisotopic (exact) mass is 596 g/mol. The maximum Gasteiger partial charge on any atom is 0.412 e. The smallest absolute Gasteiger partial charge is 0.412 e. The molecule has 12 nitrogen and oxygen atoms in total. The largest absolute Gasteiger partial charge is 0.447 e. The fourth-order valence-electron chi connectivity index (χ4n) is 5.30. The molecule has 1 saturated heterocycles. The van der Waals surface area contributed by atoms with Crippen molar-refractivity contribution in [2.45, 2.75) is 70.9 Å². The van der Waals surface area contributed by atoms with E-state index in [1.807, 2.05) is 4.90 Å². The van der Waals surface area contributed by atoms with E-state index in [-0.39, 0.29) is 57.8 Å². The van der Waals surface area contributed by atoms with Crippen LogP contribution in [0.3, 0.4) is 0 Å². The fraction of sp³-hybridized carbons (Fsp3) is 0.448. The first-order valence-electron chi connectivity index (χ1n) is 13.9. The second-order valence-electron chi connectivity index (χ2n) is 11.5. The SMILES string of the molecule is CC(C)(C)OC(=O)Nc1cnc2c(NC(=O)[C@H]3CC[C@H](N4CCCC4=O)CC3)c(C(=O)Nc3ccc(Cl)cn3)oc2c1. The molecule has 0 spiro atoms. The summed E-state index contributed by atoms with van der Waals surface area (Å²) < 4.78 is 11.2. The van der Waals surface area contributed by atoms with Gasteiger partial charge in [0.2, 0.25) is 17.6 Å². The Bertz CT molecular complexity index is 1510. The molecule has 1 aliphatic carbocycles. The van der Waals surface area contributed by atoms with Gasteiger partial charge in [0.1, 0.15) is 22.6 Å². The minimum absolute atomic E-state index is 0.113. The second kappa shape index (κ2) is 12.0. The molecular formula is C29H33ClN6O6. The van der Waals surface area contributed by atoms with Crippen molar-refractivity contribution < 1.29 is 28.3 Å². The number of aromatic nitrogens is 2. The van der Waals surface area contributed by atoms with E-state index >= 15 is 0 Å². The Kier molecular flexibility index (Phi) is 8.35. The fourth-order valence-corrected chi connectivity index (χ4v) is 5.41. The number of halogens is 1. The van der Waals surface area contributed by atoms with Gasteiger partial charge in [-0.05, 0) is 65.0 Å². The second-order valence-corrected chi connectivity index (χ2v) is 11.9. The van der Waals surface area contributed by atoms with Gasteiger partial charge in [-0.15, -0.1) is 0 Å². The van der Waals surface area contributed by atoms with Crippen LogP contribution in [0, 0.1) is 5.92 Å². The summed E-state index contributed by atoms with van der Waals surface area (Å²) in [6.45, 7) is 6.01. The number of hydrogen-bond donors (Lipinski definition) is 3. The van der Waals surface area contributed by atoms with Crippen LogP contribution in [0.2, 0.25) is 5.02 Å². The molecule has 0 atom stereocenters. The van der Waals surface area contributed by atoms with E-state index in [1.165, 1.54) is 24.5 Å². The van der Waals surface area contributed by atoms with Gasteiger partial charge in [0, 0.05) is 37.2 Å². The van der Waals surface area contributed by atoms with Gasteiger partial charge in [0.15, 0.2) is 5.58 Å². The molecule has 3 N–H and O–H groups in total. The van der Waals surface area contributed by atoms with Crippen LogP contribution < -0.4 is 16.0 Å². The topological polar surface area (TPSA) is 156 Å². The number of nitrogens with zero attached hydrogens (tertiary/aromatic N) is 3. The van der Waals surface area contributed by atoms with Crippen molar-refractivity contribution >= 4 is 63.7 Å². The van der Waals surface area contributed by atoms with E-state index in [0.29, 0.717) is 24.3 Å². The molecule has 222 valence electrons. The first kappa shape index (κ1) is 29.3. The summed E-state index contributed by atoms with van der Waals surface area (Å²) in [6, 6.07) is 4.77. The van der Waals surface area contributed by atoms with Crippen LogP contribution in [0.4, 0.5) is 22.0 Å². The van der Waals surface area contributed by atoms with Crippen molar-refractivity contribution in [3.8, 4) is 0 Å². The molecule has 13 heteroatoms. The lowest BCUT2D eigenvalue weighted by atomic mass is 9.84. The van der Waals surface area contributed by atoms with Crippen LogP contribution in [0.5, 0.6) is 0 Å². The summed E-state index contributed by atoms with van der Waals surface area (Å²) >= 11 is 5.91. The Morgan fingerprint density at radius 1 is 1.05 bits per heavy atom. The van der Waals surface area contributed by atoms with Crippen LogP contribution in [-0.2, 0) is 14.3 Å². The molecule has 2 aliphatic rings. The first-order valence-corrected chi connectivity index (χ1v) is 14.3. The Balaban J connectivity index is 1.37. The Hall–Kier alpha value is -4.19. The Labute approximate surface area is 247 Å². The third-order valence-electron chi connectivity index (χ3n) is 7.22. The molecule has 2 fully saturated rings. The number of amides is 4. The predicted octanol–water partition coefficient (Wildman–Crippen LogP) is 5.60. The third-order valence-corrected chi connectivity index (χ3v) is 7.44. The predicted molar refractivity (Wildman–Crippen MR) is 156 cm³/mol. The molecule has 1 aliphatic heterocycles. The number of fused-ring (bicyclic) bond motifs is 1. The van der Waals surface area contributed by atoms with Crippen molar-refractivity contribution in [2.75, 3.05) is 22.5 Å². The van der Waals surface area contributed by atoms with E-state index in [1.54, 1.807) is 26.8 Å². The minimum atomic E-state index is -0.701. The number of carbonyl (C=O) groups is 4. The van der Waals surface area contributed by atoms with E-state index in [9.17, 15) is 19.2 Å². The molecule has 1 saturated carbocycles. The highest BCUT2D eigenvalue weighted by atomic mass is 35.5. The Morgan fingerprint density at radius 3 is 2.45 bits per heavy atom. The molecule has 3 aromatic heterocycles. The number of furan rings is 1. The number of rotatable bonds is 6. The molecule has 0 aromatic carbocycles. The van der Waals surface area contributed by atoms with Crippen LogP contribution in [0.25, 0.3) is 11.1 Å². The van der Waals surface area contributed by atoms with Crippen molar-refractivity contribution in [1.29, 1.82) is 0 Å². The van der Waals surface area contributed by atoms with Gasteiger partial charge in [-0.2, -0.15) is 0 Å². The first-order chi connectivity index (χ1) is 20.0. The number of carbonyl (C=O) groups excluding carboxylic acids is 4. The lowest BCUT2D eigenvalue weighted by Crippen LogP contribution is -2.40. The zero-order chi connectivity index (χ0) is 30.0. The quantitative estimate of drug-likeness (QED) is 0.332. The normalized spacial score (nSPS) is 19.0. The van der Waals surface area contributed by atoms with E-state index in [4.69, 9.17) is 20.8 Å². The zero-order valence-corrected chi connectivity index (χ0v) is 24.4. The summed E-state index contributed by atoms with van der Waals surface area (Å²) in [5.74, 6) is -0.974. The Morgan fingerprint density at radius 2 is 1.81 bits per heavy atom. The van der Waals surface area contributed by atoms with Gasteiger partial charge in [-0.3, -0.25) is 19.7 Å². The number of pyridine rings is 2. The molecule has 0 bridgehead atoms. The zero-order valence-electron chi connectivity index (χ0n) is 23.7. The third kappa shape index (κ3) is 6.81. The van der Waals surface area contributed by atoms with Crippen LogP contribution in [0.1, 0.15) is 69.9 Å². The number of nitrogens with one attached hydrogen (secondary N) is 3. The average molecular weight is 597 g/mol. The van der Waals surface area contributed by atoms with E-state index < -0.39 is 17.6 Å². The highest BCUT2D eigenvalue weighted by Crippen LogP contribution is 2.35. The molecule has 5 rings (SSSR count). The summed E-state index contributed by atoms with van der Waals surface area (Å²) in [5, 5.41) is 8.52. The number of hydrogen-bond acceptors (Lipinski definition) is 8. The maximum atomic E-state index is 13.4. The molecule has 42 heavy (non-hydrogen) atoms. The van der Waals surface area contributed by atoms with Gasteiger partial charge >= 0.3 is 6.09 Å². The number of likely N-dealkylation sites (tertiary alicyclic amines) is 1. The standard InChI is InChI=1S/C29H33ClN6O6/c1-29(2,3)42-28(40)33-18-13-20-23(32-15-18)24(25(41-20)27(39)34-21-11-8-17(30)14-31-21)35-26(38)16-6-9-19(10-7-16)36-12-4-5-22(36)37/h8,11,13-16,19H,4-7,9-10,12H2,1-3H3,(H,33,40)(H,35,38)(H,31,34,39)/t16-,19-. The van der Waals surface area contributed by atoms with E-state index in [0.717, 1.165) is 25.8 Å². The molecule has 0 unspecified atom stereocenters. The van der Waals surface area contributed by atoms with Gasteiger partial charge < -0.3 is 24.7 Å². The molecule has 0 radical (unpaired) electrons. The van der Waals surface area contributed by atoms with Crippen LogP contribution >= 0.6 is 11.6 Å². The lowest BCUT2D eigenvalue weighted by Gasteiger charge is -2.34. The van der Waals surface area contributed by atoms with Crippen molar-refractivity contribution in [3.05, 3.63) is 41.4 Å². The maximum absolute atomic E-state index is 13.4. The van der Waals surface area contributed by atoms with E-state index in [2.05, 4.69) is 25.9 Å². The van der Waals surface area contributed by atoms with Crippen LogP contribution in [0.15, 0.2) is 35.0 Å². The van der Waals surface area contributed by atoms with Gasteiger partial charge in [0.25, 0.3) is 5.91 Å². The minimum Gasteiger partial charge on any atom is -0.447 e. The summed E-state index contributed by atoms with van der Waals surface area (Å²) in [7, 11) is 0. The molecule has 4 amide bonds. The number of ether oxygens (including phenoxy) is 1. The highest BCUT2D eigenvalue weighted by molar-refractivity contribution is 6.30. The highest BCUT2D eigenvalue weighted by Gasteiger charge is 2.34. The van der Waals surface area contributed by atoms with Crippen molar-refractivity contribution in [2.24, 2.45) is 5.92 Å². The molecular weight excluding hydrogens is 564 g/mol. The lowest BCUT2D eigenvalue weighted by molar-refractivity contribution is -0.130. The summed E-state index contributed by atoms with van der Waals surface area (Å²) in [6.07, 6.45) is 6.28. The molecule has 4 heterocycles. The summed E-state index contributed by atoms with van der Waals surface area (Å²) in [5.41, 5.74) is 0.105. The average Bonchev–Trinajstić information content (AvgIpc) is 3.52. The van der Waals surface area contributed by atoms with Gasteiger partial charge in [-0.1, -0.05) is 11.6 Å². The molecule has 3 aromatic rings. The summed E-state index contributed by atoms with van der Waals surface area (Å²) in [4.78, 5) is 61.6.